The molecular formula is C15H16F3NO2. The number of amides is 1. The third-order valence-corrected chi connectivity index (χ3v) is 4.12. The number of epoxide rings is 1. The number of carbonyl (C=O) groups is 1. The van der Waals surface area contributed by atoms with Crippen molar-refractivity contribution in [3.05, 3.63) is 35.9 Å². The molecule has 1 saturated heterocycles. The lowest BCUT2D eigenvalue weighted by atomic mass is 9.93. The summed E-state index contributed by atoms with van der Waals surface area (Å²) in [6.07, 6.45) is -2.82. The highest BCUT2D eigenvalue weighted by Crippen LogP contribution is 2.39. The van der Waals surface area contributed by atoms with Gasteiger partial charge in [0, 0.05) is 12.6 Å². The van der Waals surface area contributed by atoms with Crippen molar-refractivity contribution in [2.75, 3.05) is 0 Å². The Morgan fingerprint density at radius 1 is 1.19 bits per heavy atom. The maximum atomic E-state index is 12.8. The fourth-order valence-corrected chi connectivity index (χ4v) is 2.98. The monoisotopic (exact) mass is 299 g/mol. The van der Waals surface area contributed by atoms with Crippen LogP contribution >= 0.6 is 0 Å². The fraction of sp³-hybridized carbons (Fsp3) is 0.533. The van der Waals surface area contributed by atoms with Gasteiger partial charge in [-0.25, -0.2) is 0 Å². The smallest absolute Gasteiger partial charge is 0.370 e. The predicted octanol–water partition coefficient (Wildman–Crippen LogP) is 2.90. The van der Waals surface area contributed by atoms with E-state index in [1.54, 1.807) is 30.3 Å². The van der Waals surface area contributed by atoms with Crippen LogP contribution in [0.1, 0.15) is 24.8 Å². The number of hydrogen-bond donors (Lipinski definition) is 0. The molecule has 1 amide bonds. The van der Waals surface area contributed by atoms with Crippen LogP contribution in [0, 0.1) is 0 Å². The van der Waals surface area contributed by atoms with Gasteiger partial charge in [0.2, 0.25) is 0 Å². The first-order chi connectivity index (χ1) is 9.95. The Kier molecular flexibility index (Phi) is 3.65. The largest absolute Gasteiger partial charge is 0.471 e. The zero-order chi connectivity index (χ0) is 15.0. The van der Waals surface area contributed by atoms with Crippen LogP contribution in [0.5, 0.6) is 0 Å². The Hall–Kier alpha value is -1.56. The van der Waals surface area contributed by atoms with E-state index >= 15 is 0 Å². The molecule has 0 radical (unpaired) electrons. The Morgan fingerprint density at radius 2 is 1.90 bits per heavy atom. The summed E-state index contributed by atoms with van der Waals surface area (Å²) in [5.41, 5.74) is 0.703. The molecule has 0 bridgehead atoms. The molecular weight excluding hydrogens is 283 g/mol. The van der Waals surface area contributed by atoms with Crippen molar-refractivity contribution in [1.82, 2.24) is 4.90 Å². The van der Waals surface area contributed by atoms with Crippen molar-refractivity contribution >= 4 is 5.91 Å². The summed E-state index contributed by atoms with van der Waals surface area (Å²) >= 11 is 0. The predicted molar refractivity (Wildman–Crippen MR) is 69.3 cm³/mol. The number of rotatable bonds is 3. The molecule has 1 aliphatic heterocycles. The summed E-state index contributed by atoms with van der Waals surface area (Å²) in [4.78, 5) is 12.7. The first kappa shape index (κ1) is 14.4. The minimum atomic E-state index is -4.84. The zero-order valence-electron chi connectivity index (χ0n) is 11.3. The van der Waals surface area contributed by atoms with E-state index in [2.05, 4.69) is 0 Å². The molecule has 1 unspecified atom stereocenters. The number of carbonyl (C=O) groups excluding carboxylic acids is 1. The highest BCUT2D eigenvalue weighted by molar-refractivity contribution is 5.82. The lowest BCUT2D eigenvalue weighted by molar-refractivity contribution is -0.189. The molecule has 1 aliphatic carbocycles. The van der Waals surface area contributed by atoms with Crippen LogP contribution in [0.25, 0.3) is 0 Å². The van der Waals surface area contributed by atoms with Crippen molar-refractivity contribution < 1.29 is 22.7 Å². The normalized spacial score (nSPS) is 27.9. The summed E-state index contributed by atoms with van der Waals surface area (Å²) in [6, 6.07) is 8.37. The van der Waals surface area contributed by atoms with Crippen LogP contribution < -0.4 is 0 Å². The van der Waals surface area contributed by atoms with Gasteiger partial charge in [0.15, 0.2) is 0 Å². The van der Waals surface area contributed by atoms with Gasteiger partial charge in [-0.1, -0.05) is 30.3 Å². The third-order valence-electron chi connectivity index (χ3n) is 4.12. The summed E-state index contributed by atoms with van der Waals surface area (Å²) < 4.78 is 43.9. The van der Waals surface area contributed by atoms with Gasteiger partial charge in [-0.05, 0) is 24.8 Å². The molecule has 1 aromatic carbocycles. The summed E-state index contributed by atoms with van der Waals surface area (Å²) in [5, 5.41) is 0. The number of alkyl halides is 3. The first-order valence-corrected chi connectivity index (χ1v) is 7.02. The Bertz CT molecular complexity index is 517. The summed E-state index contributed by atoms with van der Waals surface area (Å²) in [7, 11) is 0. The van der Waals surface area contributed by atoms with Crippen LogP contribution in [0.15, 0.2) is 30.3 Å². The average Bonchev–Trinajstić information content (AvgIpc) is 3.22. The molecule has 0 aromatic heterocycles. The second-order valence-electron chi connectivity index (χ2n) is 5.60. The topological polar surface area (TPSA) is 32.8 Å². The standard InChI is InChI=1S/C15H16F3NO2/c16-15(17,18)14(20)19(9-10-4-2-1-3-5-10)11-6-7-12-13(8-11)21-12/h1-5,11-13H,6-9H2/t11?,12-,13+/m1/s1. The summed E-state index contributed by atoms with van der Waals surface area (Å²) in [5.74, 6) is -1.75. The quantitative estimate of drug-likeness (QED) is 0.804. The highest BCUT2D eigenvalue weighted by atomic mass is 19.4. The van der Waals surface area contributed by atoms with Crippen molar-refractivity contribution in [3.63, 3.8) is 0 Å². The Balaban J connectivity index is 1.78. The van der Waals surface area contributed by atoms with Gasteiger partial charge >= 0.3 is 12.1 Å². The lowest BCUT2D eigenvalue weighted by Gasteiger charge is -2.33. The zero-order valence-corrected chi connectivity index (χ0v) is 11.3. The molecule has 2 aliphatic rings. The molecule has 1 heterocycles. The van der Waals surface area contributed by atoms with Gasteiger partial charge in [-0.2, -0.15) is 13.2 Å². The fourth-order valence-electron chi connectivity index (χ4n) is 2.98. The van der Waals surface area contributed by atoms with Crippen molar-refractivity contribution in [3.8, 4) is 0 Å². The van der Waals surface area contributed by atoms with E-state index in [9.17, 15) is 18.0 Å². The molecule has 1 saturated carbocycles. The Morgan fingerprint density at radius 3 is 2.52 bits per heavy atom. The molecule has 2 fully saturated rings. The molecule has 114 valence electrons. The molecule has 1 aromatic rings. The van der Waals surface area contributed by atoms with E-state index in [0.717, 1.165) is 11.3 Å². The third kappa shape index (κ3) is 3.20. The molecule has 0 N–H and O–H groups in total. The van der Waals surface area contributed by atoms with Gasteiger partial charge in [0.25, 0.3) is 0 Å². The van der Waals surface area contributed by atoms with Crippen LogP contribution in [-0.4, -0.2) is 35.2 Å². The van der Waals surface area contributed by atoms with Crippen LogP contribution in [0.2, 0.25) is 0 Å². The van der Waals surface area contributed by atoms with Gasteiger partial charge in [0.1, 0.15) is 0 Å². The van der Waals surface area contributed by atoms with E-state index in [4.69, 9.17) is 4.74 Å². The van der Waals surface area contributed by atoms with Crippen molar-refractivity contribution in [2.45, 2.75) is 50.2 Å². The molecule has 3 nitrogen and oxygen atoms in total. The molecule has 3 rings (SSSR count). The highest BCUT2D eigenvalue weighted by Gasteiger charge is 2.50. The van der Waals surface area contributed by atoms with E-state index < -0.39 is 18.1 Å². The van der Waals surface area contributed by atoms with Crippen LogP contribution in [0.3, 0.4) is 0 Å². The average molecular weight is 299 g/mol. The van der Waals surface area contributed by atoms with Gasteiger partial charge in [0.05, 0.1) is 12.2 Å². The second kappa shape index (κ2) is 5.33. The summed E-state index contributed by atoms with van der Waals surface area (Å²) in [6.45, 7) is -0.0127. The number of ether oxygens (including phenoxy) is 1. The molecule has 21 heavy (non-hydrogen) atoms. The van der Waals surface area contributed by atoms with Crippen molar-refractivity contribution in [2.24, 2.45) is 0 Å². The van der Waals surface area contributed by atoms with Crippen LogP contribution in [0.4, 0.5) is 13.2 Å². The number of benzene rings is 1. The minimum Gasteiger partial charge on any atom is -0.370 e. The van der Waals surface area contributed by atoms with Gasteiger partial charge in [-0.15, -0.1) is 0 Å². The molecule has 6 heteroatoms. The van der Waals surface area contributed by atoms with E-state index in [-0.39, 0.29) is 18.8 Å². The van der Waals surface area contributed by atoms with E-state index in [0.29, 0.717) is 18.4 Å². The number of nitrogens with zero attached hydrogens (tertiary/aromatic N) is 1. The minimum absolute atomic E-state index is 0.0127. The lowest BCUT2D eigenvalue weighted by Crippen LogP contribution is -2.48. The van der Waals surface area contributed by atoms with E-state index in [1.165, 1.54) is 0 Å². The van der Waals surface area contributed by atoms with Crippen LogP contribution in [-0.2, 0) is 16.1 Å². The second-order valence-corrected chi connectivity index (χ2v) is 5.60. The first-order valence-electron chi connectivity index (χ1n) is 7.02. The SMILES string of the molecule is O=C(N(Cc1ccccc1)C1CC[C@H]2O[C@H]2C1)C(F)(F)F. The van der Waals surface area contributed by atoms with Crippen molar-refractivity contribution in [1.29, 1.82) is 0 Å². The number of hydrogen-bond acceptors (Lipinski definition) is 2. The van der Waals surface area contributed by atoms with E-state index in [1.807, 2.05) is 0 Å². The molecule has 3 atom stereocenters. The maximum absolute atomic E-state index is 12.8. The maximum Gasteiger partial charge on any atom is 0.471 e. The van der Waals surface area contributed by atoms with Gasteiger partial charge in [-0.3, -0.25) is 4.79 Å². The number of fused-ring (bicyclic) bond motifs is 1. The van der Waals surface area contributed by atoms with Gasteiger partial charge < -0.3 is 9.64 Å². The number of halogens is 3. The Labute approximate surface area is 120 Å². The molecule has 0 spiro atoms.